The van der Waals surface area contributed by atoms with E-state index in [4.69, 9.17) is 4.42 Å². The van der Waals surface area contributed by atoms with Crippen LogP contribution in [0.3, 0.4) is 0 Å². The maximum atomic E-state index is 6.35. The molecule has 0 radical (unpaired) electrons. The molecule has 5 aromatic carbocycles. The van der Waals surface area contributed by atoms with Gasteiger partial charge in [-0.05, 0) is 57.8 Å². The number of aromatic nitrogens is 1. The van der Waals surface area contributed by atoms with Gasteiger partial charge >= 0.3 is 0 Å². The number of allylic oxidation sites excluding steroid dienone is 2. The van der Waals surface area contributed by atoms with E-state index in [1.54, 1.807) is 0 Å². The summed E-state index contributed by atoms with van der Waals surface area (Å²) in [5, 5.41) is 12.5. The number of nitrogens with one attached hydrogen (secondary N) is 1. The van der Waals surface area contributed by atoms with Gasteiger partial charge in [0.25, 0.3) is 0 Å². The van der Waals surface area contributed by atoms with Gasteiger partial charge < -0.3 is 9.73 Å². The average molecular weight is 511 g/mol. The average Bonchev–Trinajstić information content (AvgIpc) is 3.64. The molecule has 0 fully saturated rings. The largest absolute Gasteiger partial charge is 0.456 e. The summed E-state index contributed by atoms with van der Waals surface area (Å²) in [6, 6.07) is 33.2. The van der Waals surface area contributed by atoms with E-state index in [0.717, 1.165) is 27.8 Å². The molecule has 3 heteroatoms. The number of hydrogen-bond donors (Lipinski definition) is 1. The van der Waals surface area contributed by atoms with E-state index < -0.39 is 0 Å². The Kier molecular flexibility index (Phi) is 3.73. The lowest BCUT2D eigenvalue weighted by Crippen LogP contribution is -2.24. The van der Waals surface area contributed by atoms with Crippen molar-refractivity contribution >= 4 is 71.8 Å². The van der Waals surface area contributed by atoms with Crippen molar-refractivity contribution in [1.29, 1.82) is 0 Å². The first kappa shape index (κ1) is 20.7. The first-order valence-electron chi connectivity index (χ1n) is 13.8. The van der Waals surface area contributed by atoms with E-state index in [0.29, 0.717) is 0 Å². The predicted molar refractivity (Wildman–Crippen MR) is 167 cm³/mol. The van der Waals surface area contributed by atoms with Gasteiger partial charge in [0.2, 0.25) is 0 Å². The molecule has 0 bridgehead atoms. The summed E-state index contributed by atoms with van der Waals surface area (Å²) in [5.41, 5.74) is 9.32. The van der Waals surface area contributed by atoms with Crippen LogP contribution in [0, 0.1) is 0 Å². The van der Waals surface area contributed by atoms with Gasteiger partial charge in [0.1, 0.15) is 17.0 Å². The van der Waals surface area contributed by atoms with Crippen LogP contribution in [0.2, 0.25) is 0 Å². The van der Waals surface area contributed by atoms with Crippen molar-refractivity contribution in [3.63, 3.8) is 0 Å². The molecular formula is C37H22N2O. The number of nitrogens with zero attached hydrogens (tertiary/aromatic N) is 1. The Balaban J connectivity index is 1.39. The van der Waals surface area contributed by atoms with Crippen molar-refractivity contribution in [2.24, 2.45) is 0 Å². The number of rotatable bonds is 1. The number of anilines is 1. The van der Waals surface area contributed by atoms with Gasteiger partial charge in [0.05, 0.1) is 17.1 Å². The third-order valence-corrected chi connectivity index (χ3v) is 8.89. The zero-order valence-electron chi connectivity index (χ0n) is 21.5. The molecule has 1 aliphatic carbocycles. The fourth-order valence-electron chi connectivity index (χ4n) is 7.11. The van der Waals surface area contributed by atoms with Crippen LogP contribution >= 0.6 is 0 Å². The van der Waals surface area contributed by atoms with Gasteiger partial charge in [0, 0.05) is 38.6 Å². The van der Waals surface area contributed by atoms with Crippen molar-refractivity contribution in [3.8, 4) is 11.1 Å². The van der Waals surface area contributed by atoms with Crippen LogP contribution in [0.15, 0.2) is 125 Å². The van der Waals surface area contributed by atoms with Crippen LogP contribution in [0.4, 0.5) is 5.82 Å². The molecule has 4 heterocycles. The van der Waals surface area contributed by atoms with Crippen LogP contribution in [0.25, 0.3) is 77.1 Å². The molecule has 2 aliphatic rings. The van der Waals surface area contributed by atoms with Gasteiger partial charge in [-0.25, -0.2) is 0 Å². The highest BCUT2D eigenvalue weighted by molar-refractivity contribution is 6.24. The lowest BCUT2D eigenvalue weighted by atomic mass is 9.92. The molecule has 10 rings (SSSR count). The summed E-state index contributed by atoms with van der Waals surface area (Å²) in [6.07, 6.45) is 11.1. The molecule has 1 aliphatic heterocycles. The highest BCUT2D eigenvalue weighted by Gasteiger charge is 2.28. The Morgan fingerprint density at radius 2 is 1.52 bits per heavy atom. The molecule has 8 aromatic rings. The maximum absolute atomic E-state index is 6.35. The molecule has 40 heavy (non-hydrogen) atoms. The molecule has 1 unspecified atom stereocenters. The topological polar surface area (TPSA) is 29.6 Å². The Labute approximate surface area is 229 Å². The summed E-state index contributed by atoms with van der Waals surface area (Å²) in [7, 11) is 0. The van der Waals surface area contributed by atoms with Crippen LogP contribution in [-0.2, 0) is 0 Å². The number of fused-ring (bicyclic) bond motifs is 11. The second-order valence-corrected chi connectivity index (χ2v) is 11.0. The summed E-state index contributed by atoms with van der Waals surface area (Å²) < 4.78 is 8.78. The van der Waals surface area contributed by atoms with E-state index in [-0.39, 0.29) is 6.04 Å². The Morgan fingerprint density at radius 3 is 2.50 bits per heavy atom. The normalized spacial score (nSPS) is 16.4. The van der Waals surface area contributed by atoms with Gasteiger partial charge in [-0.2, -0.15) is 0 Å². The SMILES string of the molecule is C1=CC2=Cc3c(n4c5cc6oc7ccccc7c6cc5c5cc(-c6cccc7ccccc67)cc3c54)NC2C=C1. The van der Waals surface area contributed by atoms with Crippen LogP contribution in [0.1, 0.15) is 5.56 Å². The molecule has 0 spiro atoms. The second-order valence-electron chi connectivity index (χ2n) is 11.0. The van der Waals surface area contributed by atoms with E-state index in [1.165, 1.54) is 60.2 Å². The van der Waals surface area contributed by atoms with Crippen molar-refractivity contribution < 1.29 is 4.42 Å². The van der Waals surface area contributed by atoms with Crippen molar-refractivity contribution in [2.75, 3.05) is 5.32 Å². The molecule has 0 saturated carbocycles. The minimum absolute atomic E-state index is 0.165. The standard InChI is InChI=1S/C37H22N2O/c1-3-11-24-21(8-1)10-7-13-25(24)23-17-29-27-19-28-26-12-4-6-15-34(26)40-35(28)20-33(27)39-36(29)30(18-23)31-16-22-9-2-5-14-32(22)38-37(31)39/h1-20,32,38H. The lowest BCUT2D eigenvalue weighted by molar-refractivity contribution is 0.669. The van der Waals surface area contributed by atoms with Crippen LogP contribution in [0.5, 0.6) is 0 Å². The summed E-state index contributed by atoms with van der Waals surface area (Å²) >= 11 is 0. The summed E-state index contributed by atoms with van der Waals surface area (Å²) in [5.74, 6) is 1.15. The summed E-state index contributed by atoms with van der Waals surface area (Å²) in [6.45, 7) is 0. The molecular weight excluding hydrogens is 488 g/mol. The van der Waals surface area contributed by atoms with Crippen molar-refractivity contribution in [1.82, 2.24) is 4.40 Å². The molecule has 186 valence electrons. The third kappa shape index (κ3) is 2.55. The van der Waals surface area contributed by atoms with Gasteiger partial charge in [0.15, 0.2) is 0 Å². The summed E-state index contributed by atoms with van der Waals surface area (Å²) in [4.78, 5) is 0. The quantitative estimate of drug-likeness (QED) is 0.238. The Morgan fingerprint density at radius 1 is 0.675 bits per heavy atom. The molecule has 1 N–H and O–H groups in total. The zero-order valence-corrected chi connectivity index (χ0v) is 21.5. The zero-order chi connectivity index (χ0) is 25.9. The minimum Gasteiger partial charge on any atom is -0.456 e. The Bertz CT molecular complexity index is 2460. The fourth-order valence-corrected chi connectivity index (χ4v) is 7.11. The number of hydrogen-bond acceptors (Lipinski definition) is 2. The molecule has 1 atom stereocenters. The molecule has 3 aromatic heterocycles. The van der Waals surface area contributed by atoms with E-state index in [9.17, 15) is 0 Å². The molecule has 0 amide bonds. The number of para-hydroxylation sites is 1. The lowest BCUT2D eigenvalue weighted by Gasteiger charge is -2.25. The van der Waals surface area contributed by atoms with Crippen molar-refractivity contribution in [3.05, 3.63) is 126 Å². The maximum Gasteiger partial charge on any atom is 0.137 e. The van der Waals surface area contributed by atoms with Crippen LogP contribution in [-0.4, -0.2) is 10.4 Å². The molecule has 3 nitrogen and oxygen atoms in total. The number of benzene rings is 5. The van der Waals surface area contributed by atoms with Gasteiger partial charge in [-0.1, -0.05) is 85.0 Å². The third-order valence-electron chi connectivity index (χ3n) is 8.89. The minimum atomic E-state index is 0.165. The number of furan rings is 1. The van der Waals surface area contributed by atoms with Gasteiger partial charge in [-0.3, -0.25) is 4.40 Å². The van der Waals surface area contributed by atoms with E-state index in [2.05, 4.69) is 125 Å². The highest BCUT2D eigenvalue weighted by atomic mass is 16.3. The van der Waals surface area contributed by atoms with E-state index in [1.807, 2.05) is 6.07 Å². The van der Waals surface area contributed by atoms with Crippen LogP contribution < -0.4 is 5.32 Å². The van der Waals surface area contributed by atoms with Gasteiger partial charge in [-0.15, -0.1) is 0 Å². The second kappa shape index (κ2) is 7.22. The monoisotopic (exact) mass is 510 g/mol. The van der Waals surface area contributed by atoms with E-state index >= 15 is 0 Å². The fraction of sp³-hybridized carbons (Fsp3) is 0.0270. The predicted octanol–water partition coefficient (Wildman–Crippen LogP) is 9.71. The Hall–Kier alpha value is -5.28. The first-order valence-corrected chi connectivity index (χ1v) is 13.8. The molecule has 0 saturated heterocycles. The first-order chi connectivity index (χ1) is 19.8. The highest BCUT2D eigenvalue weighted by Crippen LogP contribution is 2.47. The van der Waals surface area contributed by atoms with Crippen molar-refractivity contribution in [2.45, 2.75) is 6.04 Å². The smallest absolute Gasteiger partial charge is 0.137 e.